The Morgan fingerprint density at radius 1 is 1.10 bits per heavy atom. The summed E-state index contributed by atoms with van der Waals surface area (Å²) >= 11 is 6.02. The molecule has 1 aliphatic rings. The Bertz CT molecular complexity index is 773. The minimum atomic E-state index is 0.319. The van der Waals surface area contributed by atoms with Crippen molar-refractivity contribution in [3.8, 4) is 11.3 Å². The van der Waals surface area contributed by atoms with Crippen LogP contribution >= 0.6 is 11.6 Å². The van der Waals surface area contributed by atoms with Gasteiger partial charge in [0.15, 0.2) is 0 Å². The SMILES string of the molecule is Clc1ncc2cc(-c3ccccc3)n(C3CCCC3)c2n1. The molecule has 4 heteroatoms. The molecule has 1 saturated carbocycles. The topological polar surface area (TPSA) is 30.7 Å². The fourth-order valence-electron chi connectivity index (χ4n) is 3.35. The van der Waals surface area contributed by atoms with E-state index in [9.17, 15) is 0 Å². The molecule has 106 valence electrons. The van der Waals surface area contributed by atoms with Crippen LogP contribution in [0.5, 0.6) is 0 Å². The number of aromatic nitrogens is 3. The van der Waals surface area contributed by atoms with Crippen LogP contribution in [0.3, 0.4) is 0 Å². The Kier molecular flexibility index (Phi) is 3.15. The lowest BCUT2D eigenvalue weighted by Crippen LogP contribution is -2.07. The highest BCUT2D eigenvalue weighted by Gasteiger charge is 2.23. The van der Waals surface area contributed by atoms with Crippen molar-refractivity contribution in [1.29, 1.82) is 0 Å². The zero-order chi connectivity index (χ0) is 14.2. The van der Waals surface area contributed by atoms with E-state index in [1.807, 2.05) is 12.3 Å². The van der Waals surface area contributed by atoms with Gasteiger partial charge in [-0.3, -0.25) is 0 Å². The van der Waals surface area contributed by atoms with Crippen LogP contribution in [-0.4, -0.2) is 14.5 Å². The number of benzene rings is 1. The summed E-state index contributed by atoms with van der Waals surface area (Å²) in [4.78, 5) is 8.61. The number of fused-ring (bicyclic) bond motifs is 1. The first-order valence-corrected chi connectivity index (χ1v) is 7.79. The molecular weight excluding hydrogens is 282 g/mol. The molecule has 4 rings (SSSR count). The van der Waals surface area contributed by atoms with Gasteiger partial charge in [-0.2, -0.15) is 4.98 Å². The summed E-state index contributed by atoms with van der Waals surface area (Å²) in [6.07, 6.45) is 6.83. The van der Waals surface area contributed by atoms with Gasteiger partial charge in [0.1, 0.15) is 5.65 Å². The summed E-state index contributed by atoms with van der Waals surface area (Å²) in [6.45, 7) is 0. The molecule has 0 radical (unpaired) electrons. The molecule has 0 bridgehead atoms. The Labute approximate surface area is 128 Å². The van der Waals surface area contributed by atoms with Gasteiger partial charge in [-0.05, 0) is 36.1 Å². The van der Waals surface area contributed by atoms with E-state index in [-0.39, 0.29) is 0 Å². The molecule has 1 fully saturated rings. The summed E-state index contributed by atoms with van der Waals surface area (Å²) in [5.41, 5.74) is 3.40. The molecule has 0 unspecified atom stereocenters. The van der Waals surface area contributed by atoms with E-state index in [2.05, 4.69) is 44.9 Å². The molecular formula is C17H16ClN3. The molecule has 0 saturated heterocycles. The van der Waals surface area contributed by atoms with Crippen molar-refractivity contribution in [3.63, 3.8) is 0 Å². The van der Waals surface area contributed by atoms with Crippen LogP contribution in [0.2, 0.25) is 5.28 Å². The second-order valence-electron chi connectivity index (χ2n) is 5.62. The maximum absolute atomic E-state index is 6.02. The normalized spacial score (nSPS) is 15.9. The average molecular weight is 298 g/mol. The number of halogens is 1. The molecule has 1 aliphatic carbocycles. The van der Waals surface area contributed by atoms with Crippen LogP contribution in [0.1, 0.15) is 31.7 Å². The van der Waals surface area contributed by atoms with Gasteiger partial charge in [0, 0.05) is 17.6 Å². The average Bonchev–Trinajstić information content (AvgIpc) is 3.14. The van der Waals surface area contributed by atoms with E-state index in [0.29, 0.717) is 11.3 Å². The number of rotatable bonds is 2. The largest absolute Gasteiger partial charge is 0.322 e. The zero-order valence-electron chi connectivity index (χ0n) is 11.7. The van der Waals surface area contributed by atoms with Crippen molar-refractivity contribution < 1.29 is 0 Å². The van der Waals surface area contributed by atoms with Crippen LogP contribution in [-0.2, 0) is 0 Å². The van der Waals surface area contributed by atoms with Gasteiger partial charge in [-0.15, -0.1) is 0 Å². The predicted molar refractivity (Wildman–Crippen MR) is 85.5 cm³/mol. The standard InChI is InChI=1S/C17H16ClN3/c18-17-19-11-13-10-15(12-6-2-1-3-7-12)21(16(13)20-17)14-8-4-5-9-14/h1-3,6-7,10-11,14H,4-5,8-9H2. The van der Waals surface area contributed by atoms with Gasteiger partial charge < -0.3 is 4.57 Å². The number of nitrogens with zero attached hydrogens (tertiary/aromatic N) is 3. The number of hydrogen-bond acceptors (Lipinski definition) is 2. The Hall–Kier alpha value is -1.87. The minimum absolute atomic E-state index is 0.319. The lowest BCUT2D eigenvalue weighted by atomic mass is 10.1. The molecule has 0 spiro atoms. The van der Waals surface area contributed by atoms with Crippen LogP contribution < -0.4 is 0 Å². The van der Waals surface area contributed by atoms with Crippen molar-refractivity contribution in [1.82, 2.24) is 14.5 Å². The van der Waals surface area contributed by atoms with E-state index in [4.69, 9.17) is 11.6 Å². The van der Waals surface area contributed by atoms with Gasteiger partial charge in [0.05, 0.1) is 5.69 Å². The fraction of sp³-hybridized carbons (Fsp3) is 0.294. The molecule has 21 heavy (non-hydrogen) atoms. The number of hydrogen-bond donors (Lipinski definition) is 0. The first kappa shape index (κ1) is 12.8. The molecule has 0 aliphatic heterocycles. The summed E-state index contributed by atoms with van der Waals surface area (Å²) in [7, 11) is 0. The summed E-state index contributed by atoms with van der Waals surface area (Å²) in [5.74, 6) is 0. The van der Waals surface area contributed by atoms with Gasteiger partial charge in [0.2, 0.25) is 5.28 Å². The van der Waals surface area contributed by atoms with E-state index in [1.54, 1.807) is 0 Å². The lowest BCUT2D eigenvalue weighted by Gasteiger charge is -2.17. The van der Waals surface area contributed by atoms with E-state index < -0.39 is 0 Å². The molecule has 3 nitrogen and oxygen atoms in total. The van der Waals surface area contributed by atoms with Crippen molar-refractivity contribution in [3.05, 3.63) is 47.9 Å². The smallest absolute Gasteiger partial charge is 0.224 e. The molecule has 3 aromatic rings. The van der Waals surface area contributed by atoms with E-state index in [0.717, 1.165) is 11.0 Å². The van der Waals surface area contributed by atoms with Crippen LogP contribution in [0, 0.1) is 0 Å². The highest BCUT2D eigenvalue weighted by Crippen LogP contribution is 2.37. The predicted octanol–water partition coefficient (Wildman–Crippen LogP) is 4.87. The summed E-state index contributed by atoms with van der Waals surface area (Å²) in [6, 6.07) is 13.2. The van der Waals surface area contributed by atoms with Gasteiger partial charge >= 0.3 is 0 Å². The molecule has 2 aromatic heterocycles. The maximum atomic E-state index is 6.02. The van der Waals surface area contributed by atoms with Crippen molar-refractivity contribution in [2.75, 3.05) is 0 Å². The second-order valence-corrected chi connectivity index (χ2v) is 5.96. The van der Waals surface area contributed by atoms with Crippen molar-refractivity contribution in [2.24, 2.45) is 0 Å². The Morgan fingerprint density at radius 3 is 2.62 bits per heavy atom. The zero-order valence-corrected chi connectivity index (χ0v) is 12.4. The molecule has 0 N–H and O–H groups in total. The molecule has 0 amide bonds. The third-order valence-electron chi connectivity index (χ3n) is 4.31. The van der Waals surface area contributed by atoms with Gasteiger partial charge in [-0.25, -0.2) is 4.98 Å². The molecule has 1 aromatic carbocycles. The first-order chi connectivity index (χ1) is 10.3. The van der Waals surface area contributed by atoms with Gasteiger partial charge in [0.25, 0.3) is 0 Å². The monoisotopic (exact) mass is 297 g/mol. The first-order valence-electron chi connectivity index (χ1n) is 7.42. The summed E-state index contributed by atoms with van der Waals surface area (Å²) in [5, 5.41) is 1.38. The van der Waals surface area contributed by atoms with E-state index >= 15 is 0 Å². The molecule has 0 atom stereocenters. The van der Waals surface area contributed by atoms with Crippen LogP contribution in [0.15, 0.2) is 42.6 Å². The highest BCUT2D eigenvalue weighted by atomic mass is 35.5. The maximum Gasteiger partial charge on any atom is 0.224 e. The van der Waals surface area contributed by atoms with Crippen LogP contribution in [0.25, 0.3) is 22.3 Å². The van der Waals surface area contributed by atoms with Crippen LogP contribution in [0.4, 0.5) is 0 Å². The third kappa shape index (κ3) is 2.22. The second kappa shape index (κ2) is 5.15. The highest BCUT2D eigenvalue weighted by molar-refractivity contribution is 6.28. The van der Waals surface area contributed by atoms with Crippen molar-refractivity contribution >= 4 is 22.6 Å². The molecule has 2 heterocycles. The van der Waals surface area contributed by atoms with Gasteiger partial charge in [-0.1, -0.05) is 43.2 Å². The Morgan fingerprint density at radius 2 is 1.86 bits per heavy atom. The summed E-state index contributed by atoms with van der Waals surface area (Å²) < 4.78 is 2.37. The minimum Gasteiger partial charge on any atom is -0.322 e. The van der Waals surface area contributed by atoms with E-state index in [1.165, 1.54) is 36.9 Å². The third-order valence-corrected chi connectivity index (χ3v) is 4.49. The fourth-order valence-corrected chi connectivity index (χ4v) is 3.48. The van der Waals surface area contributed by atoms with Crippen molar-refractivity contribution in [2.45, 2.75) is 31.7 Å². The Balaban J connectivity index is 1.98. The quantitative estimate of drug-likeness (QED) is 0.632. The lowest BCUT2D eigenvalue weighted by molar-refractivity contribution is 0.537.